The Labute approximate surface area is 213 Å². The second-order valence-electron chi connectivity index (χ2n) is 9.94. The Balaban J connectivity index is 1.99. The van der Waals surface area contributed by atoms with E-state index >= 15 is 0 Å². The fourth-order valence-corrected chi connectivity index (χ4v) is 5.17. The van der Waals surface area contributed by atoms with Crippen LogP contribution < -0.4 is 0 Å². The lowest BCUT2D eigenvalue weighted by Crippen LogP contribution is -2.26. The Kier molecular flexibility index (Phi) is 8.72. The predicted octanol–water partition coefficient (Wildman–Crippen LogP) is 8.60. The van der Waals surface area contributed by atoms with Gasteiger partial charge in [0, 0.05) is 17.2 Å². The first kappa shape index (κ1) is 26.9. The number of rotatable bonds is 10. The molecule has 2 aromatic carbocycles. The Morgan fingerprint density at radius 1 is 0.771 bits per heavy atom. The number of aromatic nitrogens is 1. The maximum absolute atomic E-state index is 10.7. The van der Waals surface area contributed by atoms with E-state index in [1.165, 1.54) is 38.9 Å². The van der Waals surface area contributed by atoms with E-state index in [1.807, 2.05) is 26.1 Å². The first-order valence-electron chi connectivity index (χ1n) is 13.3. The third-order valence-electron chi connectivity index (χ3n) is 8.12. The third kappa shape index (κ3) is 5.59. The molecule has 1 N–H and O–H groups in total. The quantitative estimate of drug-likeness (QED) is 0.322. The molecule has 0 fully saturated rings. The van der Waals surface area contributed by atoms with Crippen molar-refractivity contribution in [1.82, 2.24) is 4.98 Å². The zero-order chi connectivity index (χ0) is 25.6. The highest BCUT2D eigenvalue weighted by Gasteiger charge is 2.31. The highest BCUT2D eigenvalue weighted by molar-refractivity contribution is 5.65. The Bertz CT molecular complexity index is 1150. The normalized spacial score (nSPS) is 12.5. The van der Waals surface area contributed by atoms with Crippen molar-refractivity contribution in [2.24, 2.45) is 0 Å². The Morgan fingerprint density at radius 3 is 1.89 bits per heavy atom. The van der Waals surface area contributed by atoms with Gasteiger partial charge in [-0.15, -0.1) is 0 Å². The lowest BCUT2D eigenvalue weighted by atomic mass is 9.69. The molecule has 0 bridgehead atoms. The number of hydrogen-bond acceptors (Lipinski definition) is 2. The minimum atomic E-state index is -0.729. The lowest BCUT2D eigenvalue weighted by Gasteiger charge is -2.34. The van der Waals surface area contributed by atoms with Gasteiger partial charge < -0.3 is 5.11 Å². The molecule has 186 valence electrons. The van der Waals surface area contributed by atoms with Crippen molar-refractivity contribution in [3.05, 3.63) is 94.2 Å². The molecule has 3 rings (SSSR count). The fourth-order valence-electron chi connectivity index (χ4n) is 5.17. The van der Waals surface area contributed by atoms with E-state index in [0.29, 0.717) is 0 Å². The predicted molar refractivity (Wildman–Crippen MR) is 151 cm³/mol. The number of aliphatic hydroxyl groups is 1. The summed E-state index contributed by atoms with van der Waals surface area (Å²) in [6.45, 7) is 15.2. The topological polar surface area (TPSA) is 33.1 Å². The molecule has 0 aliphatic rings. The molecule has 0 amide bonds. The van der Waals surface area contributed by atoms with Gasteiger partial charge in [-0.1, -0.05) is 89.2 Å². The van der Waals surface area contributed by atoms with E-state index < -0.39 is 5.60 Å². The maximum Gasteiger partial charge on any atom is 0.0825 e. The molecule has 0 atom stereocenters. The van der Waals surface area contributed by atoms with Gasteiger partial charge in [0.25, 0.3) is 0 Å². The smallest absolute Gasteiger partial charge is 0.0825 e. The van der Waals surface area contributed by atoms with Crippen LogP contribution in [-0.2, 0) is 11.8 Å². The standard InChI is InChI=1S/C33H43NO/c1-8-26-13-18-31(34-23-26)30-17-16-29(22-25(30)7)33(11-4,12-5)28-15-14-27(24(6)21-28)19-20-32(35,9-2)10-3/h13-23,35H,8-12H2,1-7H3/b20-19+. The van der Waals surface area contributed by atoms with Crippen LogP contribution in [-0.4, -0.2) is 15.7 Å². The van der Waals surface area contributed by atoms with Crippen molar-refractivity contribution < 1.29 is 5.11 Å². The summed E-state index contributed by atoms with van der Waals surface area (Å²) in [6, 6.07) is 18.1. The van der Waals surface area contributed by atoms with Crippen LogP contribution >= 0.6 is 0 Å². The van der Waals surface area contributed by atoms with Crippen LogP contribution in [0.1, 0.15) is 93.7 Å². The van der Waals surface area contributed by atoms with E-state index in [9.17, 15) is 5.11 Å². The zero-order valence-electron chi connectivity index (χ0n) is 22.8. The van der Waals surface area contributed by atoms with Crippen molar-refractivity contribution >= 4 is 6.08 Å². The molecule has 3 aromatic rings. The van der Waals surface area contributed by atoms with Crippen LogP contribution in [0.15, 0.2) is 60.8 Å². The zero-order valence-corrected chi connectivity index (χ0v) is 22.8. The fraction of sp³-hybridized carbons (Fsp3) is 0.424. The van der Waals surface area contributed by atoms with E-state index in [1.54, 1.807) is 0 Å². The summed E-state index contributed by atoms with van der Waals surface area (Å²) < 4.78 is 0. The molecular weight excluding hydrogens is 426 g/mol. The lowest BCUT2D eigenvalue weighted by molar-refractivity contribution is 0.0836. The minimum Gasteiger partial charge on any atom is -0.386 e. The van der Waals surface area contributed by atoms with Gasteiger partial charge in [0.05, 0.1) is 11.3 Å². The van der Waals surface area contributed by atoms with Crippen LogP contribution in [0.2, 0.25) is 0 Å². The summed E-state index contributed by atoms with van der Waals surface area (Å²) in [6.07, 6.45) is 10.6. The molecule has 0 saturated carbocycles. The number of hydrogen-bond donors (Lipinski definition) is 1. The minimum absolute atomic E-state index is 0.0383. The number of benzene rings is 2. The van der Waals surface area contributed by atoms with Crippen molar-refractivity contribution in [2.75, 3.05) is 0 Å². The van der Waals surface area contributed by atoms with Crippen molar-refractivity contribution in [3.8, 4) is 11.3 Å². The van der Waals surface area contributed by atoms with Crippen LogP contribution in [0.3, 0.4) is 0 Å². The SMILES string of the molecule is CCc1ccc(-c2ccc(C(CC)(CC)c3ccc(/C=C/C(O)(CC)CC)c(C)c3)cc2C)nc1. The highest BCUT2D eigenvalue weighted by Crippen LogP contribution is 2.41. The largest absolute Gasteiger partial charge is 0.386 e. The number of pyridine rings is 1. The third-order valence-corrected chi connectivity index (χ3v) is 8.12. The second kappa shape index (κ2) is 11.4. The molecule has 0 radical (unpaired) electrons. The number of aryl methyl sites for hydroxylation is 3. The summed E-state index contributed by atoms with van der Waals surface area (Å²) in [5.74, 6) is 0. The molecular formula is C33H43NO. The summed E-state index contributed by atoms with van der Waals surface area (Å²) in [5.41, 5.74) is 9.14. The van der Waals surface area contributed by atoms with Gasteiger partial charge in [-0.05, 0) is 85.4 Å². The van der Waals surface area contributed by atoms with E-state index in [2.05, 4.69) is 89.2 Å². The average Bonchev–Trinajstić information content (AvgIpc) is 2.89. The molecule has 0 aliphatic heterocycles. The van der Waals surface area contributed by atoms with Crippen LogP contribution in [0.25, 0.3) is 17.3 Å². The first-order chi connectivity index (χ1) is 16.8. The molecule has 2 heteroatoms. The molecule has 2 nitrogen and oxygen atoms in total. The summed E-state index contributed by atoms with van der Waals surface area (Å²) in [5, 5.41) is 10.7. The van der Waals surface area contributed by atoms with Gasteiger partial charge in [0.1, 0.15) is 0 Å². The van der Waals surface area contributed by atoms with E-state index in [0.717, 1.165) is 37.8 Å². The van der Waals surface area contributed by atoms with Gasteiger partial charge in [0.2, 0.25) is 0 Å². The summed E-state index contributed by atoms with van der Waals surface area (Å²) in [4.78, 5) is 4.71. The second-order valence-corrected chi connectivity index (χ2v) is 9.94. The van der Waals surface area contributed by atoms with Crippen molar-refractivity contribution in [3.63, 3.8) is 0 Å². The van der Waals surface area contributed by atoms with Gasteiger partial charge >= 0.3 is 0 Å². The molecule has 1 heterocycles. The summed E-state index contributed by atoms with van der Waals surface area (Å²) >= 11 is 0. The average molecular weight is 470 g/mol. The summed E-state index contributed by atoms with van der Waals surface area (Å²) in [7, 11) is 0. The van der Waals surface area contributed by atoms with Gasteiger partial charge in [-0.3, -0.25) is 4.98 Å². The monoisotopic (exact) mass is 469 g/mol. The van der Waals surface area contributed by atoms with Crippen LogP contribution in [0, 0.1) is 13.8 Å². The first-order valence-corrected chi connectivity index (χ1v) is 13.3. The van der Waals surface area contributed by atoms with E-state index in [4.69, 9.17) is 4.98 Å². The molecule has 0 saturated heterocycles. The maximum atomic E-state index is 10.7. The van der Waals surface area contributed by atoms with Gasteiger partial charge in [0.15, 0.2) is 0 Å². The molecule has 0 spiro atoms. The number of nitrogens with zero attached hydrogens (tertiary/aromatic N) is 1. The van der Waals surface area contributed by atoms with Gasteiger partial charge in [-0.25, -0.2) is 0 Å². The van der Waals surface area contributed by atoms with E-state index in [-0.39, 0.29) is 5.41 Å². The van der Waals surface area contributed by atoms with Crippen LogP contribution in [0.4, 0.5) is 0 Å². The molecule has 35 heavy (non-hydrogen) atoms. The van der Waals surface area contributed by atoms with Crippen molar-refractivity contribution in [2.45, 2.75) is 91.6 Å². The van der Waals surface area contributed by atoms with Crippen LogP contribution in [0.5, 0.6) is 0 Å². The van der Waals surface area contributed by atoms with Crippen molar-refractivity contribution in [1.29, 1.82) is 0 Å². The Hall–Kier alpha value is -2.71. The highest BCUT2D eigenvalue weighted by atomic mass is 16.3. The van der Waals surface area contributed by atoms with Gasteiger partial charge in [-0.2, -0.15) is 0 Å². The molecule has 0 unspecified atom stereocenters. The Morgan fingerprint density at radius 2 is 1.40 bits per heavy atom. The molecule has 0 aliphatic carbocycles. The molecule has 1 aromatic heterocycles.